The Kier molecular flexibility index (Phi) is 9.64. The molecule has 0 saturated carbocycles. The van der Waals surface area contributed by atoms with Gasteiger partial charge in [0.15, 0.2) is 5.96 Å². The zero-order valence-corrected chi connectivity index (χ0v) is 17.0. The number of hydrogen-bond donors (Lipinski definition) is 2. The van der Waals surface area contributed by atoms with Crippen molar-refractivity contribution in [3.63, 3.8) is 0 Å². The van der Waals surface area contributed by atoms with Gasteiger partial charge in [-0.05, 0) is 30.3 Å². The Morgan fingerprint density at radius 1 is 1.15 bits per heavy atom. The predicted octanol–water partition coefficient (Wildman–Crippen LogP) is 3.48. The maximum Gasteiger partial charge on any atom is 0.416 e. The first kappa shape index (κ1) is 22.8. The van der Waals surface area contributed by atoms with Gasteiger partial charge in [0.2, 0.25) is 0 Å². The van der Waals surface area contributed by atoms with E-state index >= 15 is 0 Å². The monoisotopic (exact) mass is 488 g/mol. The maximum atomic E-state index is 12.7. The van der Waals surface area contributed by atoms with Gasteiger partial charge in [-0.3, -0.25) is 9.98 Å². The van der Waals surface area contributed by atoms with Crippen molar-refractivity contribution >= 4 is 29.9 Å². The number of hydrogen-bond acceptors (Lipinski definition) is 2. The smallest absolute Gasteiger partial charge is 0.356 e. The summed E-state index contributed by atoms with van der Waals surface area (Å²) in [4.78, 5) is 8.30. The lowest BCUT2D eigenvalue weighted by atomic mass is 10.1. The summed E-state index contributed by atoms with van der Waals surface area (Å²) in [5, 5.41) is 6.12. The van der Waals surface area contributed by atoms with Crippen LogP contribution in [0, 0.1) is 11.8 Å². The van der Waals surface area contributed by atoms with E-state index in [2.05, 4.69) is 32.5 Å². The number of nitrogens with one attached hydrogen (secondary N) is 2. The average molecular weight is 488 g/mol. The van der Waals surface area contributed by atoms with Crippen LogP contribution in [0.4, 0.5) is 13.2 Å². The van der Waals surface area contributed by atoms with Crippen molar-refractivity contribution in [1.29, 1.82) is 0 Å². The van der Waals surface area contributed by atoms with Gasteiger partial charge in [0.05, 0.1) is 12.1 Å². The van der Waals surface area contributed by atoms with Crippen LogP contribution in [-0.4, -0.2) is 31.1 Å². The number of aromatic nitrogens is 1. The molecule has 1 aromatic carbocycles. The third kappa shape index (κ3) is 8.30. The number of nitrogens with zero attached hydrogens (tertiary/aromatic N) is 2. The molecule has 144 valence electrons. The molecule has 2 rings (SSSR count). The van der Waals surface area contributed by atoms with Crippen LogP contribution in [0.15, 0.2) is 53.7 Å². The Morgan fingerprint density at radius 3 is 2.63 bits per heavy atom. The Balaban J connectivity index is 0.00000364. The standard InChI is InChI=1S/C19H19F3N4.HI/c1-23-18(26-13-10-17-9-2-3-11-24-17)25-12-5-7-15-6-4-8-16(14-15)19(20,21)22;/h2-4,6,8-9,11,14H,10,12-13H2,1H3,(H2,23,25,26);1H. The molecule has 2 aromatic rings. The summed E-state index contributed by atoms with van der Waals surface area (Å²) in [6.45, 7) is 0.914. The molecule has 0 amide bonds. The molecule has 0 aliphatic heterocycles. The maximum absolute atomic E-state index is 12.7. The van der Waals surface area contributed by atoms with Gasteiger partial charge in [-0.1, -0.05) is 24.0 Å². The highest BCUT2D eigenvalue weighted by atomic mass is 127. The van der Waals surface area contributed by atoms with Crippen LogP contribution in [0.1, 0.15) is 16.8 Å². The van der Waals surface area contributed by atoms with E-state index in [1.807, 2.05) is 18.2 Å². The van der Waals surface area contributed by atoms with Crippen LogP contribution in [0.25, 0.3) is 0 Å². The number of guanidine groups is 1. The van der Waals surface area contributed by atoms with E-state index in [9.17, 15) is 13.2 Å². The van der Waals surface area contributed by atoms with E-state index in [1.165, 1.54) is 6.07 Å². The summed E-state index contributed by atoms with van der Waals surface area (Å²) < 4.78 is 38.0. The van der Waals surface area contributed by atoms with Crippen molar-refractivity contribution in [2.24, 2.45) is 4.99 Å². The highest BCUT2D eigenvalue weighted by molar-refractivity contribution is 14.0. The van der Waals surface area contributed by atoms with Crippen LogP contribution in [0.3, 0.4) is 0 Å². The van der Waals surface area contributed by atoms with Crippen LogP contribution in [0.2, 0.25) is 0 Å². The summed E-state index contributed by atoms with van der Waals surface area (Å²) in [5.41, 5.74) is 0.587. The molecule has 0 saturated heterocycles. The molecule has 1 aromatic heterocycles. The average Bonchev–Trinajstić information content (AvgIpc) is 2.64. The fourth-order valence-corrected chi connectivity index (χ4v) is 2.12. The van der Waals surface area contributed by atoms with Gasteiger partial charge < -0.3 is 10.6 Å². The van der Waals surface area contributed by atoms with E-state index in [0.29, 0.717) is 18.1 Å². The largest absolute Gasteiger partial charge is 0.416 e. The number of pyridine rings is 1. The molecule has 27 heavy (non-hydrogen) atoms. The van der Waals surface area contributed by atoms with Gasteiger partial charge in [-0.25, -0.2) is 0 Å². The summed E-state index contributed by atoms with van der Waals surface area (Å²) in [5.74, 6) is 6.07. The van der Waals surface area contributed by atoms with Crippen molar-refractivity contribution in [3.8, 4) is 11.8 Å². The number of aliphatic imine (C=N–C) groups is 1. The predicted molar refractivity (Wildman–Crippen MR) is 111 cm³/mol. The van der Waals surface area contributed by atoms with Gasteiger partial charge in [0.25, 0.3) is 0 Å². The molecule has 0 unspecified atom stereocenters. The van der Waals surface area contributed by atoms with Gasteiger partial charge in [0, 0.05) is 37.5 Å². The molecule has 4 nitrogen and oxygen atoms in total. The van der Waals surface area contributed by atoms with Crippen molar-refractivity contribution in [3.05, 3.63) is 65.5 Å². The molecule has 0 fully saturated rings. The SMILES string of the molecule is CN=C(NCC#Cc1cccc(C(F)(F)F)c1)NCCc1ccccn1.I. The zero-order chi connectivity index (χ0) is 18.8. The highest BCUT2D eigenvalue weighted by Gasteiger charge is 2.30. The van der Waals surface area contributed by atoms with E-state index < -0.39 is 11.7 Å². The first-order chi connectivity index (χ1) is 12.5. The quantitative estimate of drug-likeness (QED) is 0.300. The molecule has 1 heterocycles. The van der Waals surface area contributed by atoms with Gasteiger partial charge >= 0.3 is 6.18 Å². The Morgan fingerprint density at radius 2 is 1.96 bits per heavy atom. The molecule has 0 atom stereocenters. The van der Waals surface area contributed by atoms with Crippen LogP contribution in [-0.2, 0) is 12.6 Å². The second-order valence-corrected chi connectivity index (χ2v) is 5.30. The molecular formula is C19H20F3IN4. The number of halogens is 4. The van der Waals surface area contributed by atoms with E-state index in [0.717, 1.165) is 24.2 Å². The summed E-state index contributed by atoms with van der Waals surface area (Å²) >= 11 is 0. The fourth-order valence-electron chi connectivity index (χ4n) is 2.12. The molecular weight excluding hydrogens is 468 g/mol. The molecule has 0 aliphatic rings. The topological polar surface area (TPSA) is 49.3 Å². The minimum atomic E-state index is -4.37. The molecule has 0 radical (unpaired) electrons. The number of alkyl halides is 3. The lowest BCUT2D eigenvalue weighted by Gasteiger charge is -2.09. The van der Waals surface area contributed by atoms with Crippen LogP contribution in [0.5, 0.6) is 0 Å². The molecule has 2 N–H and O–H groups in total. The van der Waals surface area contributed by atoms with Crippen LogP contribution < -0.4 is 10.6 Å². The minimum Gasteiger partial charge on any atom is -0.356 e. The normalized spacial score (nSPS) is 11.0. The third-order valence-electron chi connectivity index (χ3n) is 3.39. The lowest BCUT2D eigenvalue weighted by Crippen LogP contribution is -2.38. The second-order valence-electron chi connectivity index (χ2n) is 5.30. The van der Waals surface area contributed by atoms with E-state index in [1.54, 1.807) is 19.3 Å². The summed E-state index contributed by atoms with van der Waals surface area (Å²) in [6.07, 6.45) is -1.88. The first-order valence-corrected chi connectivity index (χ1v) is 7.99. The molecule has 0 spiro atoms. The van der Waals surface area contributed by atoms with E-state index in [-0.39, 0.29) is 30.5 Å². The first-order valence-electron chi connectivity index (χ1n) is 7.99. The minimum absolute atomic E-state index is 0. The van der Waals surface area contributed by atoms with Crippen molar-refractivity contribution in [2.45, 2.75) is 12.6 Å². The van der Waals surface area contributed by atoms with Crippen molar-refractivity contribution in [2.75, 3.05) is 20.1 Å². The molecule has 8 heteroatoms. The van der Waals surface area contributed by atoms with Crippen molar-refractivity contribution < 1.29 is 13.2 Å². The van der Waals surface area contributed by atoms with Crippen molar-refractivity contribution in [1.82, 2.24) is 15.6 Å². The Bertz CT molecular complexity index is 796. The molecule has 0 bridgehead atoms. The summed E-state index contributed by atoms with van der Waals surface area (Å²) in [7, 11) is 1.64. The Labute approximate surface area is 173 Å². The Hall–Kier alpha value is -2.28. The zero-order valence-electron chi connectivity index (χ0n) is 14.7. The fraction of sp³-hybridized carbons (Fsp3) is 0.263. The lowest BCUT2D eigenvalue weighted by molar-refractivity contribution is -0.137. The van der Waals surface area contributed by atoms with Gasteiger partial charge in [-0.2, -0.15) is 13.2 Å². The van der Waals surface area contributed by atoms with E-state index in [4.69, 9.17) is 0 Å². The molecule has 0 aliphatic carbocycles. The summed E-state index contributed by atoms with van der Waals surface area (Å²) in [6, 6.07) is 10.7. The third-order valence-corrected chi connectivity index (χ3v) is 3.39. The number of benzene rings is 1. The second kappa shape index (κ2) is 11.4. The highest BCUT2D eigenvalue weighted by Crippen LogP contribution is 2.29. The van der Waals surface area contributed by atoms with Gasteiger partial charge in [-0.15, -0.1) is 24.0 Å². The van der Waals surface area contributed by atoms with Crippen LogP contribution >= 0.6 is 24.0 Å². The van der Waals surface area contributed by atoms with Gasteiger partial charge in [0.1, 0.15) is 0 Å². The number of rotatable bonds is 4.